The lowest BCUT2D eigenvalue weighted by atomic mass is 10.2. The predicted molar refractivity (Wildman–Crippen MR) is 78.2 cm³/mol. The molecule has 5 nitrogen and oxygen atoms in total. The van der Waals surface area contributed by atoms with Gasteiger partial charge in [-0.05, 0) is 37.1 Å². The number of nitrogens with two attached hydrogens (primary N) is 1. The molecular weight excluding hydrogens is 291 g/mol. The van der Waals surface area contributed by atoms with Gasteiger partial charge in [0.05, 0.1) is 5.69 Å². The van der Waals surface area contributed by atoms with Gasteiger partial charge in [0.2, 0.25) is 11.7 Å². The number of nitrogens with zero attached hydrogens (tertiary/aromatic N) is 3. The summed E-state index contributed by atoms with van der Waals surface area (Å²) in [5.41, 5.74) is 7.30. The Kier molecular flexibility index (Phi) is 3.92. The van der Waals surface area contributed by atoms with E-state index in [-0.39, 0.29) is 5.82 Å². The van der Waals surface area contributed by atoms with E-state index in [0.29, 0.717) is 23.3 Å². The minimum Gasteiger partial charge on any atom is -0.375 e. The van der Waals surface area contributed by atoms with E-state index in [0.717, 1.165) is 24.1 Å². The molecule has 0 bridgehead atoms. The normalized spacial score (nSPS) is 10.9. The molecule has 2 heterocycles. The fraction of sp³-hybridized carbons (Fsp3) is 0.214. The van der Waals surface area contributed by atoms with Crippen LogP contribution in [0, 0.1) is 5.82 Å². The molecule has 0 saturated heterocycles. The average molecular weight is 304 g/mol. The first-order chi connectivity index (χ1) is 10.2. The van der Waals surface area contributed by atoms with Crippen LogP contribution in [0.4, 0.5) is 9.52 Å². The van der Waals surface area contributed by atoms with E-state index < -0.39 is 0 Å². The van der Waals surface area contributed by atoms with Crippen molar-refractivity contribution in [2.45, 2.75) is 19.3 Å². The number of aromatic nitrogens is 3. The molecule has 0 unspecified atom stereocenters. The van der Waals surface area contributed by atoms with Gasteiger partial charge in [0.15, 0.2) is 5.13 Å². The predicted octanol–water partition coefficient (Wildman–Crippen LogP) is 3.09. The average Bonchev–Trinajstić information content (AvgIpc) is 3.09. The highest BCUT2D eigenvalue weighted by molar-refractivity contribution is 7.13. The third-order valence-electron chi connectivity index (χ3n) is 2.96. The summed E-state index contributed by atoms with van der Waals surface area (Å²) in [7, 11) is 0. The number of benzene rings is 1. The van der Waals surface area contributed by atoms with E-state index in [2.05, 4.69) is 15.1 Å². The van der Waals surface area contributed by atoms with Crippen LogP contribution >= 0.6 is 11.3 Å². The van der Waals surface area contributed by atoms with Gasteiger partial charge in [0.1, 0.15) is 5.82 Å². The van der Waals surface area contributed by atoms with E-state index in [1.54, 1.807) is 12.1 Å². The van der Waals surface area contributed by atoms with E-state index >= 15 is 0 Å². The molecule has 0 radical (unpaired) electrons. The van der Waals surface area contributed by atoms with Crippen molar-refractivity contribution in [1.82, 2.24) is 15.1 Å². The molecule has 0 atom stereocenters. The van der Waals surface area contributed by atoms with Crippen molar-refractivity contribution >= 4 is 16.5 Å². The van der Waals surface area contributed by atoms with Crippen LogP contribution in [0.2, 0.25) is 0 Å². The first-order valence-corrected chi connectivity index (χ1v) is 7.37. The van der Waals surface area contributed by atoms with Gasteiger partial charge in [-0.15, -0.1) is 11.3 Å². The standard InChI is InChI=1S/C14H13FN4OS/c15-10-6-4-9(5-7-10)13-18-12(20-19-13)3-1-2-11-8-21-14(16)17-11/h4-8H,1-3H2,(H2,16,17). The lowest BCUT2D eigenvalue weighted by Crippen LogP contribution is -1.92. The molecule has 3 rings (SSSR count). The summed E-state index contributed by atoms with van der Waals surface area (Å²) in [5.74, 6) is 0.755. The Morgan fingerprint density at radius 3 is 2.67 bits per heavy atom. The summed E-state index contributed by atoms with van der Waals surface area (Å²) in [5, 5.41) is 6.44. The van der Waals surface area contributed by atoms with Crippen LogP contribution < -0.4 is 5.73 Å². The van der Waals surface area contributed by atoms with Crippen molar-refractivity contribution in [1.29, 1.82) is 0 Å². The maximum absolute atomic E-state index is 12.9. The van der Waals surface area contributed by atoms with Crippen LogP contribution in [0.15, 0.2) is 34.2 Å². The fourth-order valence-corrected chi connectivity index (χ4v) is 2.53. The third-order valence-corrected chi connectivity index (χ3v) is 3.69. The molecule has 1 aromatic carbocycles. The molecule has 0 aliphatic rings. The molecule has 0 aliphatic carbocycles. The van der Waals surface area contributed by atoms with Gasteiger partial charge in [-0.3, -0.25) is 0 Å². The van der Waals surface area contributed by atoms with E-state index in [4.69, 9.17) is 10.3 Å². The summed E-state index contributed by atoms with van der Waals surface area (Å²) in [6.07, 6.45) is 2.35. The molecular formula is C14H13FN4OS. The molecule has 21 heavy (non-hydrogen) atoms. The van der Waals surface area contributed by atoms with Gasteiger partial charge in [0.25, 0.3) is 0 Å². The highest BCUT2D eigenvalue weighted by Crippen LogP contribution is 2.17. The number of thiazole rings is 1. The van der Waals surface area contributed by atoms with Crippen molar-refractivity contribution in [3.05, 3.63) is 47.0 Å². The van der Waals surface area contributed by atoms with Crippen molar-refractivity contribution in [3.8, 4) is 11.4 Å². The van der Waals surface area contributed by atoms with Gasteiger partial charge in [-0.2, -0.15) is 4.98 Å². The Labute approximate surface area is 124 Å². The number of anilines is 1. The van der Waals surface area contributed by atoms with Crippen LogP contribution in [0.3, 0.4) is 0 Å². The zero-order valence-corrected chi connectivity index (χ0v) is 11.9. The second-order valence-electron chi connectivity index (χ2n) is 4.55. The van der Waals surface area contributed by atoms with Gasteiger partial charge >= 0.3 is 0 Å². The van der Waals surface area contributed by atoms with E-state index in [1.165, 1.54) is 23.5 Å². The zero-order valence-electron chi connectivity index (χ0n) is 11.1. The molecule has 0 spiro atoms. The molecule has 7 heteroatoms. The maximum Gasteiger partial charge on any atom is 0.226 e. The summed E-state index contributed by atoms with van der Waals surface area (Å²) >= 11 is 1.44. The van der Waals surface area contributed by atoms with Crippen LogP contribution in [0.25, 0.3) is 11.4 Å². The van der Waals surface area contributed by atoms with Gasteiger partial charge in [-0.25, -0.2) is 9.37 Å². The number of nitrogen functional groups attached to an aromatic ring is 1. The lowest BCUT2D eigenvalue weighted by Gasteiger charge is -1.94. The first kappa shape index (κ1) is 13.7. The number of rotatable bonds is 5. The molecule has 0 saturated carbocycles. The molecule has 2 N–H and O–H groups in total. The Bertz CT molecular complexity index is 723. The van der Waals surface area contributed by atoms with Crippen LogP contribution in [-0.2, 0) is 12.8 Å². The van der Waals surface area contributed by atoms with Gasteiger partial charge in [-0.1, -0.05) is 5.16 Å². The smallest absolute Gasteiger partial charge is 0.226 e. The van der Waals surface area contributed by atoms with Crippen molar-refractivity contribution < 1.29 is 8.91 Å². The SMILES string of the molecule is Nc1nc(CCCc2nc(-c3ccc(F)cc3)no2)cs1. The number of aryl methyl sites for hydroxylation is 2. The minimum absolute atomic E-state index is 0.287. The molecule has 108 valence electrons. The monoisotopic (exact) mass is 304 g/mol. The number of hydrogen-bond donors (Lipinski definition) is 1. The van der Waals surface area contributed by atoms with Crippen LogP contribution in [-0.4, -0.2) is 15.1 Å². The largest absolute Gasteiger partial charge is 0.375 e. The highest BCUT2D eigenvalue weighted by Gasteiger charge is 2.09. The summed E-state index contributed by atoms with van der Waals surface area (Å²) < 4.78 is 18.1. The Hall–Kier alpha value is -2.28. The van der Waals surface area contributed by atoms with Crippen molar-refractivity contribution in [3.63, 3.8) is 0 Å². The van der Waals surface area contributed by atoms with Crippen LogP contribution in [0.5, 0.6) is 0 Å². The molecule has 2 aromatic heterocycles. The maximum atomic E-state index is 12.9. The summed E-state index contributed by atoms with van der Waals surface area (Å²) in [6, 6.07) is 6.00. The third kappa shape index (κ3) is 3.43. The van der Waals surface area contributed by atoms with Crippen LogP contribution in [0.1, 0.15) is 18.0 Å². The van der Waals surface area contributed by atoms with Gasteiger partial charge < -0.3 is 10.3 Å². The number of halogens is 1. The topological polar surface area (TPSA) is 77.8 Å². The lowest BCUT2D eigenvalue weighted by molar-refractivity contribution is 0.376. The summed E-state index contributed by atoms with van der Waals surface area (Å²) in [4.78, 5) is 8.50. The molecule has 0 fully saturated rings. The minimum atomic E-state index is -0.287. The van der Waals surface area contributed by atoms with E-state index in [9.17, 15) is 4.39 Å². The zero-order chi connectivity index (χ0) is 14.7. The molecule has 0 aliphatic heterocycles. The fourth-order valence-electron chi connectivity index (χ4n) is 1.93. The first-order valence-electron chi connectivity index (χ1n) is 6.49. The van der Waals surface area contributed by atoms with Crippen molar-refractivity contribution in [2.24, 2.45) is 0 Å². The van der Waals surface area contributed by atoms with Gasteiger partial charge in [0, 0.05) is 17.4 Å². The Morgan fingerprint density at radius 2 is 1.95 bits per heavy atom. The quantitative estimate of drug-likeness (QED) is 0.783. The second-order valence-corrected chi connectivity index (χ2v) is 5.44. The van der Waals surface area contributed by atoms with E-state index in [1.807, 2.05) is 5.38 Å². The molecule has 0 amide bonds. The Balaban J connectivity index is 1.59. The molecule has 3 aromatic rings. The highest BCUT2D eigenvalue weighted by atomic mass is 32.1. The number of hydrogen-bond acceptors (Lipinski definition) is 6. The summed E-state index contributed by atoms with van der Waals surface area (Å²) in [6.45, 7) is 0. The second kappa shape index (κ2) is 6.01. The van der Waals surface area contributed by atoms with Crippen molar-refractivity contribution in [2.75, 3.05) is 5.73 Å². The Morgan fingerprint density at radius 1 is 1.14 bits per heavy atom.